The van der Waals surface area contributed by atoms with Crippen molar-refractivity contribution in [2.75, 3.05) is 10.6 Å². The lowest BCUT2D eigenvalue weighted by Crippen LogP contribution is -2.31. The molecule has 1 atom stereocenters. The summed E-state index contributed by atoms with van der Waals surface area (Å²) in [5.74, 6) is -0.182. The van der Waals surface area contributed by atoms with Crippen LogP contribution in [0.3, 0.4) is 0 Å². The number of nitrogens with zero attached hydrogens (tertiary/aromatic N) is 2. The summed E-state index contributed by atoms with van der Waals surface area (Å²) in [6, 6.07) is 23.3. The molecule has 0 heterocycles. The summed E-state index contributed by atoms with van der Waals surface area (Å²) in [6.45, 7) is 3.29. The smallest absolute Gasteiger partial charge is 0.246 e. The first-order valence-electron chi connectivity index (χ1n) is 9.26. The number of carbonyl (C=O) groups excluding carboxylic acids is 2. The molecule has 0 bridgehead atoms. The Balaban J connectivity index is 1.55. The number of anilines is 2. The fourth-order valence-corrected chi connectivity index (χ4v) is 2.59. The van der Waals surface area contributed by atoms with Gasteiger partial charge in [-0.25, -0.2) is 0 Å². The number of azo groups is 1. The Morgan fingerprint density at radius 3 is 1.90 bits per heavy atom. The van der Waals surface area contributed by atoms with Crippen LogP contribution in [0.15, 0.2) is 89.1 Å². The highest BCUT2D eigenvalue weighted by Gasteiger charge is 2.13. The summed E-state index contributed by atoms with van der Waals surface area (Å²) in [5.41, 5.74) is 3.57. The second-order valence-electron chi connectivity index (χ2n) is 6.57. The molecule has 0 spiro atoms. The van der Waals surface area contributed by atoms with Crippen molar-refractivity contribution in [2.24, 2.45) is 10.2 Å². The molecule has 3 aromatic rings. The van der Waals surface area contributed by atoms with Crippen molar-refractivity contribution in [1.29, 1.82) is 0 Å². The summed E-state index contributed by atoms with van der Waals surface area (Å²) >= 11 is 0. The molecule has 0 saturated carbocycles. The number of rotatable bonds is 7. The summed E-state index contributed by atoms with van der Waals surface area (Å²) in [6.07, 6.45) is 0. The Hall–Kier alpha value is -3.80. The van der Waals surface area contributed by atoms with Crippen LogP contribution in [-0.4, -0.2) is 17.7 Å². The number of carbonyl (C=O) groups is 2. The number of hydrogen-bond donors (Lipinski definition) is 2. The number of Topliss-reactive ketones (excluding diaryl/α,β-unsaturated/α-hetero) is 1. The Morgan fingerprint density at radius 1 is 0.759 bits per heavy atom. The van der Waals surface area contributed by atoms with Crippen LogP contribution in [0.2, 0.25) is 0 Å². The molecule has 6 nitrogen and oxygen atoms in total. The van der Waals surface area contributed by atoms with E-state index >= 15 is 0 Å². The third-order valence-corrected chi connectivity index (χ3v) is 4.24. The fraction of sp³-hybridized carbons (Fsp3) is 0.130. The third-order valence-electron chi connectivity index (χ3n) is 4.24. The van der Waals surface area contributed by atoms with Crippen molar-refractivity contribution >= 4 is 34.4 Å². The zero-order valence-corrected chi connectivity index (χ0v) is 16.3. The molecule has 0 aromatic heterocycles. The molecule has 0 saturated heterocycles. The van der Waals surface area contributed by atoms with Crippen molar-refractivity contribution in [3.05, 3.63) is 84.4 Å². The molecule has 0 aliphatic rings. The van der Waals surface area contributed by atoms with Crippen LogP contribution in [0.4, 0.5) is 22.7 Å². The van der Waals surface area contributed by atoms with Gasteiger partial charge in [-0.15, -0.1) is 0 Å². The molecule has 0 aliphatic heterocycles. The van der Waals surface area contributed by atoms with Crippen LogP contribution >= 0.6 is 0 Å². The van der Waals surface area contributed by atoms with Crippen molar-refractivity contribution in [2.45, 2.75) is 19.9 Å². The Labute approximate surface area is 169 Å². The first kappa shape index (κ1) is 19.9. The van der Waals surface area contributed by atoms with Gasteiger partial charge in [-0.3, -0.25) is 9.59 Å². The molecule has 1 amide bonds. The standard InChI is InChI=1S/C23H22N4O2/c1-16(23(29)25-20-10-8-18(9-11-20)17(2)28)24-19-12-14-22(15-13-19)27-26-21-6-4-3-5-7-21/h3-16,24H,1-2H3,(H,25,29). The average Bonchev–Trinajstić information content (AvgIpc) is 2.74. The van der Waals surface area contributed by atoms with E-state index in [0.29, 0.717) is 11.3 Å². The monoisotopic (exact) mass is 386 g/mol. The van der Waals surface area contributed by atoms with Gasteiger partial charge in [0.1, 0.15) is 6.04 Å². The first-order valence-corrected chi connectivity index (χ1v) is 9.26. The van der Waals surface area contributed by atoms with Gasteiger partial charge in [0.2, 0.25) is 5.91 Å². The van der Waals surface area contributed by atoms with E-state index in [0.717, 1.165) is 17.1 Å². The van der Waals surface area contributed by atoms with Gasteiger partial charge in [0, 0.05) is 16.9 Å². The van der Waals surface area contributed by atoms with Crippen molar-refractivity contribution in [3.8, 4) is 0 Å². The van der Waals surface area contributed by atoms with Crippen LogP contribution in [0.5, 0.6) is 0 Å². The van der Waals surface area contributed by atoms with Crippen LogP contribution in [0, 0.1) is 0 Å². The van der Waals surface area contributed by atoms with E-state index in [-0.39, 0.29) is 11.7 Å². The number of ketones is 1. The largest absolute Gasteiger partial charge is 0.374 e. The van der Waals surface area contributed by atoms with Gasteiger partial charge in [0.25, 0.3) is 0 Å². The fourth-order valence-electron chi connectivity index (χ4n) is 2.59. The van der Waals surface area contributed by atoms with E-state index in [4.69, 9.17) is 0 Å². The number of benzene rings is 3. The summed E-state index contributed by atoms with van der Waals surface area (Å²) in [5, 5.41) is 14.4. The maximum absolute atomic E-state index is 12.4. The third kappa shape index (κ3) is 5.84. The van der Waals surface area contributed by atoms with E-state index < -0.39 is 6.04 Å². The van der Waals surface area contributed by atoms with Crippen molar-refractivity contribution < 1.29 is 9.59 Å². The molecule has 2 N–H and O–H groups in total. The lowest BCUT2D eigenvalue weighted by atomic mass is 10.1. The van der Waals surface area contributed by atoms with Crippen LogP contribution < -0.4 is 10.6 Å². The second-order valence-corrected chi connectivity index (χ2v) is 6.57. The topological polar surface area (TPSA) is 82.9 Å². The molecule has 1 unspecified atom stereocenters. The minimum atomic E-state index is -0.445. The van der Waals surface area contributed by atoms with Gasteiger partial charge < -0.3 is 10.6 Å². The number of nitrogens with one attached hydrogen (secondary N) is 2. The van der Waals surface area contributed by atoms with Crippen LogP contribution in [0.1, 0.15) is 24.2 Å². The van der Waals surface area contributed by atoms with Gasteiger partial charge in [0.05, 0.1) is 11.4 Å². The Bertz CT molecular complexity index is 997. The maximum atomic E-state index is 12.4. The molecule has 0 aliphatic carbocycles. The zero-order chi connectivity index (χ0) is 20.6. The molecule has 0 fully saturated rings. The molecule has 3 rings (SSSR count). The van der Waals surface area contributed by atoms with E-state index in [1.165, 1.54) is 6.92 Å². The van der Waals surface area contributed by atoms with Crippen LogP contribution in [0.25, 0.3) is 0 Å². The lowest BCUT2D eigenvalue weighted by Gasteiger charge is -2.15. The second kappa shape index (κ2) is 9.41. The van der Waals surface area contributed by atoms with Gasteiger partial charge >= 0.3 is 0 Å². The Morgan fingerprint density at radius 2 is 1.31 bits per heavy atom. The molecule has 29 heavy (non-hydrogen) atoms. The van der Waals surface area contributed by atoms with Gasteiger partial charge in [0.15, 0.2) is 5.78 Å². The highest BCUT2D eigenvalue weighted by Crippen LogP contribution is 2.20. The maximum Gasteiger partial charge on any atom is 0.246 e. The first-order chi connectivity index (χ1) is 14.0. The molecular weight excluding hydrogens is 364 g/mol. The molecule has 3 aromatic carbocycles. The van der Waals surface area contributed by atoms with E-state index in [1.807, 2.05) is 54.6 Å². The van der Waals surface area contributed by atoms with Gasteiger partial charge in [-0.1, -0.05) is 18.2 Å². The highest BCUT2D eigenvalue weighted by atomic mass is 16.2. The lowest BCUT2D eigenvalue weighted by molar-refractivity contribution is -0.116. The van der Waals surface area contributed by atoms with Crippen LogP contribution in [-0.2, 0) is 4.79 Å². The molecular formula is C23H22N4O2. The highest BCUT2D eigenvalue weighted by molar-refractivity contribution is 5.97. The van der Waals surface area contributed by atoms with Crippen molar-refractivity contribution in [3.63, 3.8) is 0 Å². The van der Waals surface area contributed by atoms with Gasteiger partial charge in [-0.05, 0) is 74.5 Å². The molecule has 6 heteroatoms. The minimum absolute atomic E-state index is 0.00957. The molecule has 146 valence electrons. The normalized spacial score (nSPS) is 11.8. The quantitative estimate of drug-likeness (QED) is 0.401. The molecule has 0 radical (unpaired) electrons. The predicted molar refractivity (Wildman–Crippen MR) is 115 cm³/mol. The summed E-state index contributed by atoms with van der Waals surface area (Å²) < 4.78 is 0. The summed E-state index contributed by atoms with van der Waals surface area (Å²) in [7, 11) is 0. The van der Waals surface area contributed by atoms with E-state index in [1.54, 1.807) is 31.2 Å². The number of amides is 1. The Kier molecular flexibility index (Phi) is 6.47. The van der Waals surface area contributed by atoms with Gasteiger partial charge in [-0.2, -0.15) is 10.2 Å². The summed E-state index contributed by atoms with van der Waals surface area (Å²) in [4.78, 5) is 23.7. The number of hydrogen-bond acceptors (Lipinski definition) is 5. The average molecular weight is 386 g/mol. The van der Waals surface area contributed by atoms with E-state index in [2.05, 4.69) is 20.9 Å². The minimum Gasteiger partial charge on any atom is -0.374 e. The predicted octanol–water partition coefficient (Wildman–Crippen LogP) is 5.74. The SMILES string of the molecule is CC(=O)c1ccc(NC(=O)C(C)Nc2ccc(N=Nc3ccccc3)cc2)cc1. The van der Waals surface area contributed by atoms with E-state index in [9.17, 15) is 9.59 Å². The zero-order valence-electron chi connectivity index (χ0n) is 16.3. The van der Waals surface area contributed by atoms with Crippen molar-refractivity contribution in [1.82, 2.24) is 0 Å².